The lowest BCUT2D eigenvalue weighted by atomic mass is 9.68. The van der Waals surface area contributed by atoms with Crippen molar-refractivity contribution in [2.24, 2.45) is 0 Å². The Balaban J connectivity index is 0.00000280. The summed E-state index contributed by atoms with van der Waals surface area (Å²) in [4.78, 5) is 11.5. The summed E-state index contributed by atoms with van der Waals surface area (Å²) in [6, 6.07) is 26.4. The lowest BCUT2D eigenvalue weighted by Gasteiger charge is -2.36. The van der Waals surface area contributed by atoms with Crippen LogP contribution < -0.4 is 20.1 Å². The molecule has 40 heavy (non-hydrogen) atoms. The normalized spacial score (nSPS) is 14.2. The molecule has 0 spiro atoms. The molecule has 0 aromatic heterocycles. The number of amides is 1. The summed E-state index contributed by atoms with van der Waals surface area (Å²) in [7, 11) is 3.40. The van der Waals surface area contributed by atoms with Crippen LogP contribution >= 0.6 is 24.8 Å². The highest BCUT2D eigenvalue weighted by Crippen LogP contribution is 2.41. The van der Waals surface area contributed by atoms with E-state index in [1.807, 2.05) is 0 Å². The van der Waals surface area contributed by atoms with Crippen molar-refractivity contribution in [2.45, 2.75) is 63.3 Å². The summed E-state index contributed by atoms with van der Waals surface area (Å²) in [6.07, 6.45) is 7.35. The molecular weight excluding hydrogens is 543 g/mol. The molecule has 7 heteroatoms. The van der Waals surface area contributed by atoms with Gasteiger partial charge in [0.05, 0.1) is 14.2 Å². The zero-order valence-electron chi connectivity index (χ0n) is 23.9. The zero-order chi connectivity index (χ0) is 26.8. The van der Waals surface area contributed by atoms with Crippen molar-refractivity contribution in [1.29, 1.82) is 0 Å². The van der Waals surface area contributed by atoms with Crippen LogP contribution in [0.15, 0.2) is 72.8 Å². The molecule has 0 heterocycles. The molecule has 0 aliphatic heterocycles. The van der Waals surface area contributed by atoms with Gasteiger partial charge in [0.25, 0.3) is 0 Å². The predicted molar refractivity (Wildman–Crippen MR) is 169 cm³/mol. The van der Waals surface area contributed by atoms with E-state index < -0.39 is 0 Å². The van der Waals surface area contributed by atoms with Gasteiger partial charge in [-0.2, -0.15) is 0 Å². The van der Waals surface area contributed by atoms with Gasteiger partial charge in [0.2, 0.25) is 5.91 Å². The van der Waals surface area contributed by atoms with Gasteiger partial charge in [-0.15, -0.1) is 24.8 Å². The van der Waals surface area contributed by atoms with Gasteiger partial charge in [0, 0.05) is 24.9 Å². The Kier molecular flexibility index (Phi) is 13.8. The van der Waals surface area contributed by atoms with Crippen LogP contribution in [-0.2, 0) is 16.6 Å². The molecule has 4 rings (SSSR count). The highest BCUT2D eigenvalue weighted by Gasteiger charge is 2.33. The number of rotatable bonds is 13. The van der Waals surface area contributed by atoms with Crippen molar-refractivity contribution in [1.82, 2.24) is 10.6 Å². The highest BCUT2D eigenvalue weighted by atomic mass is 35.5. The van der Waals surface area contributed by atoms with Crippen molar-refractivity contribution in [3.05, 3.63) is 95.1 Å². The number of hydrogen-bond donors (Lipinski definition) is 2. The Morgan fingerprint density at radius 1 is 0.850 bits per heavy atom. The summed E-state index contributed by atoms with van der Waals surface area (Å²) in [6.45, 7) is 3.22. The minimum atomic E-state index is -0.107. The number of benzene rings is 3. The first kappa shape index (κ1) is 33.5. The Labute approximate surface area is 252 Å². The van der Waals surface area contributed by atoms with Gasteiger partial charge in [-0.1, -0.05) is 60.7 Å². The third-order valence-electron chi connectivity index (χ3n) is 7.94. The van der Waals surface area contributed by atoms with E-state index in [0.717, 1.165) is 56.6 Å². The van der Waals surface area contributed by atoms with Gasteiger partial charge in [0.15, 0.2) is 11.5 Å². The molecule has 2 N–H and O–H groups in total. The second-order valence-corrected chi connectivity index (χ2v) is 10.3. The molecule has 0 saturated carbocycles. The van der Waals surface area contributed by atoms with Gasteiger partial charge < -0.3 is 20.1 Å². The summed E-state index contributed by atoms with van der Waals surface area (Å²) < 4.78 is 11.1. The molecule has 218 valence electrons. The van der Waals surface area contributed by atoms with Crippen molar-refractivity contribution >= 4 is 30.7 Å². The SMILES string of the molecule is COc1cc2c(cc1OC)C(NCCCC(CCCNC(C)=O)(c1ccccc1)c1ccccc1)CCC2.Cl.Cl. The second-order valence-electron chi connectivity index (χ2n) is 10.3. The number of halogens is 2. The van der Waals surface area contributed by atoms with Crippen LogP contribution in [0, 0.1) is 0 Å². The molecule has 0 saturated heterocycles. The average molecular weight is 588 g/mol. The van der Waals surface area contributed by atoms with Crippen LogP contribution in [0.3, 0.4) is 0 Å². The molecule has 0 fully saturated rings. The van der Waals surface area contributed by atoms with E-state index in [4.69, 9.17) is 9.47 Å². The van der Waals surface area contributed by atoms with E-state index in [9.17, 15) is 4.79 Å². The minimum Gasteiger partial charge on any atom is -0.493 e. The summed E-state index contributed by atoms with van der Waals surface area (Å²) in [5.41, 5.74) is 5.26. The van der Waals surface area contributed by atoms with Crippen molar-refractivity contribution < 1.29 is 14.3 Å². The third kappa shape index (κ3) is 8.15. The lowest BCUT2D eigenvalue weighted by molar-refractivity contribution is -0.118. The first-order valence-corrected chi connectivity index (χ1v) is 13.9. The van der Waals surface area contributed by atoms with E-state index in [1.54, 1.807) is 21.1 Å². The standard InChI is InChI=1S/C33H42N2O3.2ClH/c1-25(36)34-21-11-19-33(27-14-6-4-7-15-27,28-16-8-5-9-17-28)20-12-22-35-30-18-10-13-26-23-31(37-2)32(38-3)24-29(26)30;;/h4-9,14-17,23-24,30,35H,10-13,18-22H2,1-3H3,(H,34,36);2*1H. The number of methoxy groups -OCH3 is 2. The minimum absolute atomic E-state index is 0. The molecule has 1 unspecified atom stereocenters. The fourth-order valence-corrected chi connectivity index (χ4v) is 6.05. The van der Waals surface area contributed by atoms with Crippen LogP contribution in [0.2, 0.25) is 0 Å². The molecule has 1 amide bonds. The Morgan fingerprint density at radius 2 is 1.40 bits per heavy atom. The van der Waals surface area contributed by atoms with Crippen LogP contribution in [0.5, 0.6) is 11.5 Å². The average Bonchev–Trinajstić information content (AvgIpc) is 2.96. The number of carbonyl (C=O) groups excluding carboxylic acids is 1. The van der Waals surface area contributed by atoms with E-state index >= 15 is 0 Å². The van der Waals surface area contributed by atoms with Gasteiger partial charge in [-0.25, -0.2) is 0 Å². The fraction of sp³-hybridized carbons (Fsp3) is 0.424. The summed E-state index contributed by atoms with van der Waals surface area (Å²) >= 11 is 0. The van der Waals surface area contributed by atoms with E-state index in [-0.39, 0.29) is 36.1 Å². The quantitative estimate of drug-likeness (QED) is 0.208. The highest BCUT2D eigenvalue weighted by molar-refractivity contribution is 5.85. The molecular formula is C33H44Cl2N2O3. The van der Waals surface area contributed by atoms with E-state index in [1.165, 1.54) is 28.7 Å². The fourth-order valence-electron chi connectivity index (χ4n) is 6.05. The van der Waals surface area contributed by atoms with Gasteiger partial charge >= 0.3 is 0 Å². The predicted octanol–water partition coefficient (Wildman–Crippen LogP) is 7.20. The first-order chi connectivity index (χ1) is 18.6. The van der Waals surface area contributed by atoms with Crippen molar-refractivity contribution in [2.75, 3.05) is 27.3 Å². The zero-order valence-corrected chi connectivity index (χ0v) is 25.5. The summed E-state index contributed by atoms with van der Waals surface area (Å²) in [5.74, 6) is 1.63. The van der Waals surface area contributed by atoms with Crippen molar-refractivity contribution in [3.8, 4) is 11.5 Å². The number of hydrogen-bond acceptors (Lipinski definition) is 4. The van der Waals surface area contributed by atoms with E-state index in [2.05, 4.69) is 83.4 Å². The molecule has 5 nitrogen and oxygen atoms in total. The Hall–Kier alpha value is -2.73. The Morgan fingerprint density at radius 3 is 1.95 bits per heavy atom. The lowest BCUT2D eigenvalue weighted by Crippen LogP contribution is -2.32. The molecule has 0 radical (unpaired) electrons. The number of ether oxygens (including phenoxy) is 2. The maximum Gasteiger partial charge on any atom is 0.216 e. The molecule has 3 aromatic rings. The molecule has 3 aromatic carbocycles. The molecule has 1 aliphatic rings. The number of nitrogens with one attached hydrogen (secondary N) is 2. The smallest absolute Gasteiger partial charge is 0.216 e. The first-order valence-electron chi connectivity index (χ1n) is 13.9. The topological polar surface area (TPSA) is 59.6 Å². The van der Waals surface area contributed by atoms with Gasteiger partial charge in [0.1, 0.15) is 0 Å². The number of aryl methyl sites for hydroxylation is 1. The third-order valence-corrected chi connectivity index (χ3v) is 7.94. The maximum absolute atomic E-state index is 11.5. The van der Waals surface area contributed by atoms with Crippen LogP contribution in [0.4, 0.5) is 0 Å². The van der Waals surface area contributed by atoms with Gasteiger partial charge in [-0.3, -0.25) is 4.79 Å². The maximum atomic E-state index is 11.5. The number of carbonyl (C=O) groups is 1. The Bertz CT molecular complexity index is 1140. The number of fused-ring (bicyclic) bond motifs is 1. The molecule has 0 bridgehead atoms. The van der Waals surface area contributed by atoms with E-state index in [0.29, 0.717) is 12.6 Å². The summed E-state index contributed by atoms with van der Waals surface area (Å²) in [5, 5.41) is 6.86. The largest absolute Gasteiger partial charge is 0.493 e. The second kappa shape index (κ2) is 16.5. The van der Waals surface area contributed by atoms with Crippen LogP contribution in [-0.4, -0.2) is 33.2 Å². The van der Waals surface area contributed by atoms with Gasteiger partial charge in [-0.05, 0) is 85.9 Å². The van der Waals surface area contributed by atoms with Crippen molar-refractivity contribution in [3.63, 3.8) is 0 Å². The van der Waals surface area contributed by atoms with Crippen LogP contribution in [0.1, 0.15) is 73.7 Å². The monoisotopic (exact) mass is 586 g/mol. The molecule has 1 atom stereocenters. The molecule has 1 aliphatic carbocycles. The van der Waals surface area contributed by atoms with Crippen LogP contribution in [0.25, 0.3) is 0 Å².